The van der Waals surface area contributed by atoms with Gasteiger partial charge >= 0.3 is 0 Å². The third-order valence-electron chi connectivity index (χ3n) is 4.12. The Morgan fingerprint density at radius 1 is 1.30 bits per heavy atom. The molecular weight excluding hydrogens is 250 g/mol. The van der Waals surface area contributed by atoms with Crippen molar-refractivity contribution in [1.82, 2.24) is 9.88 Å². The third-order valence-corrected chi connectivity index (χ3v) is 4.12. The fraction of sp³-hybridized carbons (Fsp3) is 0.438. The fourth-order valence-corrected chi connectivity index (χ4v) is 2.90. The average molecular weight is 271 g/mol. The van der Waals surface area contributed by atoms with E-state index in [2.05, 4.69) is 23.0 Å². The van der Waals surface area contributed by atoms with E-state index in [9.17, 15) is 0 Å². The van der Waals surface area contributed by atoms with Gasteiger partial charge in [-0.2, -0.15) is 0 Å². The Hall–Kier alpha value is -1.65. The van der Waals surface area contributed by atoms with Crippen LogP contribution in [0, 0.1) is 0 Å². The number of anilines is 1. The van der Waals surface area contributed by atoms with Gasteiger partial charge in [-0.1, -0.05) is 6.07 Å². The SMILES string of the molecule is CN(Cc1ccc(N)c2cccnc12)C1CCOCC1. The zero-order valence-electron chi connectivity index (χ0n) is 11.9. The van der Waals surface area contributed by atoms with Crippen molar-refractivity contribution in [3.05, 3.63) is 36.0 Å². The molecule has 2 heterocycles. The molecule has 0 amide bonds. The summed E-state index contributed by atoms with van der Waals surface area (Å²) >= 11 is 0. The van der Waals surface area contributed by atoms with E-state index >= 15 is 0 Å². The van der Waals surface area contributed by atoms with Crippen molar-refractivity contribution in [3.63, 3.8) is 0 Å². The molecule has 0 atom stereocenters. The largest absolute Gasteiger partial charge is 0.398 e. The summed E-state index contributed by atoms with van der Waals surface area (Å²) < 4.78 is 5.43. The first-order valence-corrected chi connectivity index (χ1v) is 7.16. The van der Waals surface area contributed by atoms with Crippen LogP contribution < -0.4 is 5.73 Å². The maximum Gasteiger partial charge on any atom is 0.0767 e. The van der Waals surface area contributed by atoms with Crippen molar-refractivity contribution in [2.75, 3.05) is 26.0 Å². The van der Waals surface area contributed by atoms with Gasteiger partial charge in [-0.05, 0) is 43.7 Å². The average Bonchev–Trinajstić information content (AvgIpc) is 2.51. The summed E-state index contributed by atoms with van der Waals surface area (Å²) in [4.78, 5) is 6.91. The molecule has 2 aromatic rings. The van der Waals surface area contributed by atoms with Crippen molar-refractivity contribution in [3.8, 4) is 0 Å². The van der Waals surface area contributed by atoms with Crippen LogP contribution in [0.25, 0.3) is 10.9 Å². The Bertz CT molecular complexity index is 593. The number of hydrogen-bond acceptors (Lipinski definition) is 4. The van der Waals surface area contributed by atoms with Crippen molar-refractivity contribution >= 4 is 16.6 Å². The highest BCUT2D eigenvalue weighted by molar-refractivity contribution is 5.92. The Balaban J connectivity index is 1.85. The van der Waals surface area contributed by atoms with Crippen LogP contribution in [0.2, 0.25) is 0 Å². The first-order chi connectivity index (χ1) is 9.75. The third kappa shape index (κ3) is 2.62. The Morgan fingerprint density at radius 2 is 2.10 bits per heavy atom. The van der Waals surface area contributed by atoms with Gasteiger partial charge in [-0.3, -0.25) is 9.88 Å². The van der Waals surface area contributed by atoms with E-state index in [0.29, 0.717) is 6.04 Å². The monoisotopic (exact) mass is 271 g/mol. The molecule has 1 saturated heterocycles. The zero-order valence-corrected chi connectivity index (χ0v) is 11.9. The van der Waals surface area contributed by atoms with Crippen LogP contribution in [0.5, 0.6) is 0 Å². The van der Waals surface area contributed by atoms with Gasteiger partial charge in [-0.15, -0.1) is 0 Å². The highest BCUT2D eigenvalue weighted by Gasteiger charge is 2.19. The van der Waals surface area contributed by atoms with Crippen molar-refractivity contribution < 1.29 is 4.74 Å². The van der Waals surface area contributed by atoms with E-state index in [1.165, 1.54) is 5.56 Å². The highest BCUT2D eigenvalue weighted by atomic mass is 16.5. The quantitative estimate of drug-likeness (QED) is 0.871. The van der Waals surface area contributed by atoms with Gasteiger partial charge in [-0.25, -0.2) is 0 Å². The van der Waals surface area contributed by atoms with E-state index in [1.54, 1.807) is 0 Å². The van der Waals surface area contributed by atoms with Crippen LogP contribution in [0.4, 0.5) is 5.69 Å². The van der Waals surface area contributed by atoms with Gasteiger partial charge in [0.25, 0.3) is 0 Å². The maximum absolute atomic E-state index is 6.03. The molecular formula is C16H21N3O. The summed E-state index contributed by atoms with van der Waals surface area (Å²) in [6.07, 6.45) is 4.05. The fourth-order valence-electron chi connectivity index (χ4n) is 2.90. The molecule has 4 heteroatoms. The van der Waals surface area contributed by atoms with Gasteiger partial charge in [0, 0.05) is 43.1 Å². The lowest BCUT2D eigenvalue weighted by Gasteiger charge is -2.31. The molecule has 1 fully saturated rings. The smallest absolute Gasteiger partial charge is 0.0767 e. The molecule has 0 bridgehead atoms. The van der Waals surface area contributed by atoms with E-state index in [-0.39, 0.29) is 0 Å². The number of nitrogens with zero attached hydrogens (tertiary/aromatic N) is 2. The second kappa shape index (κ2) is 5.77. The Labute approximate surface area is 119 Å². The number of ether oxygens (including phenoxy) is 1. The van der Waals surface area contributed by atoms with E-state index in [0.717, 1.165) is 49.2 Å². The number of fused-ring (bicyclic) bond motifs is 1. The molecule has 1 aromatic carbocycles. The second-order valence-electron chi connectivity index (χ2n) is 5.47. The minimum Gasteiger partial charge on any atom is -0.398 e. The molecule has 4 nitrogen and oxygen atoms in total. The molecule has 1 aromatic heterocycles. The molecule has 106 valence electrons. The Kier molecular flexibility index (Phi) is 3.85. The summed E-state index contributed by atoms with van der Waals surface area (Å²) in [5, 5.41) is 1.05. The maximum atomic E-state index is 6.03. The molecule has 3 rings (SSSR count). The number of pyridine rings is 1. The van der Waals surface area contributed by atoms with Crippen LogP contribution in [0.3, 0.4) is 0 Å². The lowest BCUT2D eigenvalue weighted by atomic mass is 10.0. The minimum atomic E-state index is 0.597. The summed E-state index contributed by atoms with van der Waals surface area (Å²) in [7, 11) is 2.18. The first-order valence-electron chi connectivity index (χ1n) is 7.16. The van der Waals surface area contributed by atoms with Crippen molar-refractivity contribution in [2.24, 2.45) is 0 Å². The molecule has 20 heavy (non-hydrogen) atoms. The molecule has 0 unspecified atom stereocenters. The predicted molar refractivity (Wildman–Crippen MR) is 81.5 cm³/mol. The molecule has 0 radical (unpaired) electrons. The summed E-state index contributed by atoms with van der Waals surface area (Å²) in [6.45, 7) is 2.64. The Morgan fingerprint density at radius 3 is 2.90 bits per heavy atom. The molecule has 0 spiro atoms. The highest BCUT2D eigenvalue weighted by Crippen LogP contribution is 2.24. The van der Waals surface area contributed by atoms with Gasteiger partial charge in [0.15, 0.2) is 0 Å². The van der Waals surface area contributed by atoms with E-state index in [1.807, 2.05) is 24.4 Å². The van der Waals surface area contributed by atoms with Crippen molar-refractivity contribution in [2.45, 2.75) is 25.4 Å². The molecule has 0 aliphatic carbocycles. The molecule has 0 saturated carbocycles. The second-order valence-corrected chi connectivity index (χ2v) is 5.47. The predicted octanol–water partition coefficient (Wildman–Crippen LogP) is 2.43. The summed E-state index contributed by atoms with van der Waals surface area (Å²) in [5.74, 6) is 0. The van der Waals surface area contributed by atoms with Crippen LogP contribution in [0.15, 0.2) is 30.5 Å². The van der Waals surface area contributed by atoms with Gasteiger partial charge < -0.3 is 10.5 Å². The van der Waals surface area contributed by atoms with E-state index in [4.69, 9.17) is 10.5 Å². The lowest BCUT2D eigenvalue weighted by molar-refractivity contribution is 0.0408. The molecule has 1 aliphatic heterocycles. The van der Waals surface area contributed by atoms with Gasteiger partial charge in [0.2, 0.25) is 0 Å². The molecule has 2 N–H and O–H groups in total. The van der Waals surface area contributed by atoms with Crippen LogP contribution in [-0.4, -0.2) is 36.2 Å². The number of aromatic nitrogens is 1. The van der Waals surface area contributed by atoms with Crippen LogP contribution >= 0.6 is 0 Å². The summed E-state index contributed by atoms with van der Waals surface area (Å²) in [5.41, 5.74) is 9.08. The number of nitrogen functional groups attached to an aromatic ring is 1. The van der Waals surface area contributed by atoms with Gasteiger partial charge in [0.05, 0.1) is 5.52 Å². The lowest BCUT2D eigenvalue weighted by Crippen LogP contribution is -2.36. The first kappa shape index (κ1) is 13.3. The van der Waals surface area contributed by atoms with Crippen molar-refractivity contribution in [1.29, 1.82) is 0 Å². The number of rotatable bonds is 3. The number of benzene rings is 1. The van der Waals surface area contributed by atoms with Crippen LogP contribution in [-0.2, 0) is 11.3 Å². The molecule has 1 aliphatic rings. The normalized spacial score (nSPS) is 16.9. The standard InChI is InChI=1S/C16H21N3O/c1-19(13-6-9-20-10-7-13)11-12-4-5-15(17)14-3-2-8-18-16(12)14/h2-5,8,13H,6-7,9-11,17H2,1H3. The summed E-state index contributed by atoms with van der Waals surface area (Å²) in [6, 6.07) is 8.65. The number of hydrogen-bond donors (Lipinski definition) is 1. The van der Waals surface area contributed by atoms with Crippen LogP contribution in [0.1, 0.15) is 18.4 Å². The zero-order chi connectivity index (χ0) is 13.9. The van der Waals surface area contributed by atoms with E-state index < -0.39 is 0 Å². The topological polar surface area (TPSA) is 51.4 Å². The van der Waals surface area contributed by atoms with Gasteiger partial charge in [0.1, 0.15) is 0 Å². The number of nitrogens with two attached hydrogens (primary N) is 1. The minimum absolute atomic E-state index is 0.597.